The zero-order valence-electron chi connectivity index (χ0n) is 17.0. The van der Waals surface area contributed by atoms with Crippen LogP contribution in [0.1, 0.15) is 38.8 Å². The van der Waals surface area contributed by atoms with Crippen molar-refractivity contribution in [1.82, 2.24) is 10.0 Å². The van der Waals surface area contributed by atoms with Gasteiger partial charge in [0.1, 0.15) is 0 Å². The summed E-state index contributed by atoms with van der Waals surface area (Å²) in [5.74, 6) is -1.03. The molecule has 0 radical (unpaired) electrons. The molecule has 2 atom stereocenters. The first kappa shape index (κ1) is 23.9. The third-order valence-corrected chi connectivity index (χ3v) is 5.91. The second kappa shape index (κ2) is 10.6. The number of carbonyl (C=O) groups excluding carboxylic acids is 2. The molecule has 0 spiro atoms. The second-order valence-electron chi connectivity index (χ2n) is 7.01. The number of halogens is 1. The number of nitrogens with one attached hydrogen (secondary N) is 2. The molecule has 0 saturated carbocycles. The fraction of sp³-hybridized carbons (Fsp3) is 0.333. The van der Waals surface area contributed by atoms with Crippen molar-refractivity contribution in [2.45, 2.75) is 50.3 Å². The Balaban J connectivity index is 2.11. The summed E-state index contributed by atoms with van der Waals surface area (Å²) in [6.07, 6.45) is -0.361. The van der Waals surface area contributed by atoms with Crippen molar-refractivity contribution in [3.63, 3.8) is 0 Å². The number of carbonyl (C=O) groups is 2. The maximum Gasteiger partial charge on any atom is 0.308 e. The molecular weight excluding hydrogens is 428 g/mol. The van der Waals surface area contributed by atoms with Crippen LogP contribution in [0.15, 0.2) is 59.5 Å². The zero-order chi connectivity index (χ0) is 22.3. The largest absolute Gasteiger partial charge is 0.463 e. The second-order valence-corrected chi connectivity index (χ2v) is 9.16. The van der Waals surface area contributed by atoms with Gasteiger partial charge in [-0.2, -0.15) is 4.72 Å². The molecule has 0 aliphatic carbocycles. The minimum Gasteiger partial charge on any atom is -0.463 e. The molecule has 162 valence electrons. The number of hydrogen-bond donors (Lipinski definition) is 2. The summed E-state index contributed by atoms with van der Waals surface area (Å²) in [6.45, 7) is 4.90. The van der Waals surface area contributed by atoms with Crippen LogP contribution in [0.5, 0.6) is 0 Å². The molecule has 0 fully saturated rings. The minimum absolute atomic E-state index is 0.00771. The molecule has 1 unspecified atom stereocenters. The highest BCUT2D eigenvalue weighted by atomic mass is 35.5. The highest BCUT2D eigenvalue weighted by Gasteiger charge is 2.26. The van der Waals surface area contributed by atoms with Gasteiger partial charge in [-0.3, -0.25) is 9.59 Å². The van der Waals surface area contributed by atoms with Crippen molar-refractivity contribution < 1.29 is 22.7 Å². The van der Waals surface area contributed by atoms with E-state index in [9.17, 15) is 18.0 Å². The van der Waals surface area contributed by atoms with E-state index in [1.165, 1.54) is 31.2 Å². The Morgan fingerprint density at radius 3 is 2.17 bits per heavy atom. The van der Waals surface area contributed by atoms with E-state index in [0.717, 1.165) is 0 Å². The van der Waals surface area contributed by atoms with Crippen molar-refractivity contribution >= 4 is 33.5 Å². The third kappa shape index (κ3) is 7.12. The van der Waals surface area contributed by atoms with Crippen molar-refractivity contribution in [2.24, 2.45) is 0 Å². The Labute approximate surface area is 181 Å². The van der Waals surface area contributed by atoms with E-state index < -0.39 is 34.0 Å². The lowest BCUT2D eigenvalue weighted by Crippen LogP contribution is -2.46. The highest BCUT2D eigenvalue weighted by Crippen LogP contribution is 2.19. The van der Waals surface area contributed by atoms with Gasteiger partial charge in [-0.05, 0) is 50.6 Å². The molecule has 0 aliphatic heterocycles. The van der Waals surface area contributed by atoms with Gasteiger partial charge >= 0.3 is 5.97 Å². The van der Waals surface area contributed by atoms with Gasteiger partial charge in [0.25, 0.3) is 0 Å². The van der Waals surface area contributed by atoms with Gasteiger partial charge in [0.05, 0.1) is 29.5 Å². The van der Waals surface area contributed by atoms with Gasteiger partial charge in [0, 0.05) is 5.02 Å². The molecule has 0 aliphatic rings. The van der Waals surface area contributed by atoms with Crippen molar-refractivity contribution in [1.29, 1.82) is 0 Å². The average molecular weight is 453 g/mol. The summed E-state index contributed by atoms with van der Waals surface area (Å²) in [6, 6.07) is 12.8. The van der Waals surface area contributed by atoms with E-state index in [2.05, 4.69) is 10.0 Å². The molecule has 7 nitrogen and oxygen atoms in total. The predicted molar refractivity (Wildman–Crippen MR) is 114 cm³/mol. The lowest BCUT2D eigenvalue weighted by atomic mass is 10.0. The van der Waals surface area contributed by atoms with Crippen LogP contribution in [-0.2, 0) is 24.3 Å². The third-order valence-electron chi connectivity index (χ3n) is 4.11. The van der Waals surface area contributed by atoms with Gasteiger partial charge in [0.2, 0.25) is 15.9 Å². The van der Waals surface area contributed by atoms with Crippen molar-refractivity contribution in [3.05, 3.63) is 65.2 Å². The molecule has 0 aromatic heterocycles. The van der Waals surface area contributed by atoms with Crippen LogP contribution in [0.25, 0.3) is 0 Å². The zero-order valence-corrected chi connectivity index (χ0v) is 18.5. The van der Waals surface area contributed by atoms with E-state index in [4.69, 9.17) is 16.3 Å². The lowest BCUT2D eigenvalue weighted by Gasteiger charge is -2.22. The van der Waals surface area contributed by atoms with Gasteiger partial charge in [-0.15, -0.1) is 0 Å². The fourth-order valence-corrected chi connectivity index (χ4v) is 4.01. The number of amides is 1. The van der Waals surface area contributed by atoms with Gasteiger partial charge < -0.3 is 10.1 Å². The summed E-state index contributed by atoms with van der Waals surface area (Å²) >= 11 is 5.79. The quantitative estimate of drug-likeness (QED) is 0.569. The molecule has 0 bridgehead atoms. The molecule has 9 heteroatoms. The minimum atomic E-state index is -3.92. The highest BCUT2D eigenvalue weighted by molar-refractivity contribution is 7.89. The standard InChI is InChI=1S/C21H25ClN2O5S/c1-14(2)29-20(25)13-19(16-7-5-4-6-8-16)23-21(26)15(3)24-30(27,28)18-11-9-17(22)10-12-18/h4-12,14-15,19,24H,13H2,1-3H3,(H,23,26)/t15-,19?/m0/s1. The average Bonchev–Trinajstić information content (AvgIpc) is 2.67. The maximum absolute atomic E-state index is 12.7. The van der Waals surface area contributed by atoms with Crippen LogP contribution in [0.2, 0.25) is 5.02 Å². The summed E-state index contributed by atoms with van der Waals surface area (Å²) in [4.78, 5) is 24.8. The number of esters is 1. The summed E-state index contributed by atoms with van der Waals surface area (Å²) in [5, 5.41) is 3.13. The monoisotopic (exact) mass is 452 g/mol. The predicted octanol–water partition coefficient (Wildman–Crippen LogP) is 3.21. The Bertz CT molecular complexity index is 963. The first-order valence-electron chi connectivity index (χ1n) is 9.41. The number of hydrogen-bond acceptors (Lipinski definition) is 5. The van der Waals surface area contributed by atoms with Crippen LogP contribution in [0.4, 0.5) is 0 Å². The van der Waals surface area contributed by atoms with Gasteiger partial charge in [-0.1, -0.05) is 41.9 Å². The normalized spacial score (nSPS) is 13.5. The Hall–Kier alpha value is -2.42. The number of ether oxygens (including phenoxy) is 1. The molecule has 2 aromatic rings. The summed E-state index contributed by atoms with van der Waals surface area (Å²) in [7, 11) is -3.92. The van der Waals surface area contributed by atoms with Gasteiger partial charge in [-0.25, -0.2) is 8.42 Å². The van der Waals surface area contributed by atoms with E-state index in [-0.39, 0.29) is 17.4 Å². The topological polar surface area (TPSA) is 102 Å². The van der Waals surface area contributed by atoms with Crippen molar-refractivity contribution in [2.75, 3.05) is 0 Å². The van der Waals surface area contributed by atoms with Crippen LogP contribution >= 0.6 is 11.6 Å². The van der Waals surface area contributed by atoms with Gasteiger partial charge in [0.15, 0.2) is 0 Å². The molecule has 1 amide bonds. The molecular formula is C21H25ClN2O5S. The van der Waals surface area contributed by atoms with Crippen LogP contribution in [-0.4, -0.2) is 32.4 Å². The Morgan fingerprint density at radius 2 is 1.60 bits per heavy atom. The lowest BCUT2D eigenvalue weighted by molar-refractivity contribution is -0.148. The van der Waals surface area contributed by atoms with E-state index in [1.54, 1.807) is 38.1 Å². The first-order chi connectivity index (χ1) is 14.1. The molecule has 2 rings (SSSR count). The molecule has 30 heavy (non-hydrogen) atoms. The maximum atomic E-state index is 12.7. The van der Waals surface area contributed by atoms with E-state index in [1.807, 2.05) is 6.07 Å². The summed E-state index contributed by atoms with van der Waals surface area (Å²) < 4.78 is 32.5. The van der Waals surface area contributed by atoms with Crippen LogP contribution < -0.4 is 10.0 Å². The first-order valence-corrected chi connectivity index (χ1v) is 11.3. The number of rotatable bonds is 9. The Morgan fingerprint density at radius 1 is 1.00 bits per heavy atom. The SMILES string of the molecule is CC(C)OC(=O)CC(NC(=O)[C@H](C)NS(=O)(=O)c1ccc(Cl)cc1)c1ccccc1. The smallest absolute Gasteiger partial charge is 0.308 e. The molecule has 2 aromatic carbocycles. The van der Waals surface area contributed by atoms with E-state index >= 15 is 0 Å². The molecule has 2 N–H and O–H groups in total. The Kier molecular flexibility index (Phi) is 8.40. The summed E-state index contributed by atoms with van der Waals surface area (Å²) in [5.41, 5.74) is 0.708. The van der Waals surface area contributed by atoms with E-state index in [0.29, 0.717) is 10.6 Å². The van der Waals surface area contributed by atoms with Crippen LogP contribution in [0, 0.1) is 0 Å². The number of benzene rings is 2. The molecule has 0 saturated heterocycles. The van der Waals surface area contributed by atoms with Crippen LogP contribution in [0.3, 0.4) is 0 Å². The fourth-order valence-electron chi connectivity index (χ4n) is 2.68. The van der Waals surface area contributed by atoms with Crippen molar-refractivity contribution in [3.8, 4) is 0 Å². The molecule has 0 heterocycles. The number of sulfonamides is 1.